The molecule has 0 bridgehead atoms. The number of rotatable bonds is 0. The van der Waals surface area contributed by atoms with Gasteiger partial charge in [-0.25, -0.2) is 0 Å². The van der Waals surface area contributed by atoms with E-state index >= 15 is 0 Å². The Morgan fingerprint density at radius 2 is 1.00 bits per heavy atom. The molecule has 0 aliphatic rings. The molecule has 0 nitrogen and oxygen atoms in total. The third-order valence-electron chi connectivity index (χ3n) is 0. The van der Waals surface area contributed by atoms with Gasteiger partial charge in [-0.1, -0.05) is 0 Å². The van der Waals surface area contributed by atoms with Crippen molar-refractivity contribution >= 4 is 17.1 Å². The van der Waals surface area contributed by atoms with Crippen molar-refractivity contribution in [2.24, 2.45) is 0 Å². The standard InChI is InChI=1S/Ag.Cd.Se.Zn/q+1;+2;-2;+2. The Labute approximate surface area is 84.8 Å². The van der Waals surface area contributed by atoms with E-state index in [4.69, 9.17) is 0 Å². The summed E-state index contributed by atoms with van der Waals surface area (Å²) in [4.78, 5) is 0. The van der Waals surface area contributed by atoms with Crippen molar-refractivity contribution < 1.29 is 69.2 Å². The van der Waals surface area contributed by atoms with Gasteiger partial charge >= 0.3 is 69.2 Å². The summed E-state index contributed by atoms with van der Waals surface area (Å²) >= 11 is 0. The fraction of sp³-hybridized carbons (Fsp3) is 0. The van der Waals surface area contributed by atoms with Gasteiger partial charge in [-0.3, -0.25) is 0 Å². The molecule has 0 radical (unpaired) electrons. The Bertz CT molecular complexity index is 8.00. The number of hydrogen-bond acceptors (Lipinski definition) is 0. The average Bonchev–Trinajstić information content (AvgIpc) is 0. The van der Waals surface area contributed by atoms with Gasteiger partial charge in [-0.15, -0.1) is 0 Å². The molecule has 4 heavy (non-hydrogen) atoms. The average molecular weight is 365 g/mol. The van der Waals surface area contributed by atoms with Crippen LogP contribution in [-0.4, -0.2) is 17.1 Å². The number of hydrogen-bond donors (Lipinski definition) is 0. The summed E-state index contributed by atoms with van der Waals surface area (Å²) in [5.41, 5.74) is 0. The molecule has 0 atom stereocenters. The predicted octanol–water partition coefficient (Wildman–Crippen LogP) is -0.388. The van der Waals surface area contributed by atoms with Crippen molar-refractivity contribution in [2.45, 2.75) is 0 Å². The molecular weight excluding hydrogens is 365 g/mol. The van der Waals surface area contributed by atoms with E-state index in [0.29, 0.717) is 0 Å². The zero-order valence-corrected chi connectivity index (χ0v) is 12.3. The van der Waals surface area contributed by atoms with Gasteiger partial charge in [0.2, 0.25) is 0 Å². The minimum Gasteiger partial charge on any atom is -2.00 e. The second-order valence-corrected chi connectivity index (χ2v) is 0. The molecular formula is AgCdSeZn+3. The zero-order valence-electron chi connectivity index (χ0n) is 2.12. The maximum Gasteiger partial charge on any atom is 2.00 e. The van der Waals surface area contributed by atoms with Gasteiger partial charge in [-0.2, -0.15) is 0 Å². The molecule has 0 saturated heterocycles. The molecule has 4 heteroatoms. The van der Waals surface area contributed by atoms with Gasteiger partial charge in [0, 0.05) is 0 Å². The zero-order chi connectivity index (χ0) is 0. The first-order valence-corrected chi connectivity index (χ1v) is 0. The molecule has 0 amide bonds. The van der Waals surface area contributed by atoms with Crippen LogP contribution < -0.4 is 0 Å². The Morgan fingerprint density at radius 1 is 1.00 bits per heavy atom. The minimum absolute atomic E-state index is 0. The Balaban J connectivity index is 0. The summed E-state index contributed by atoms with van der Waals surface area (Å²) < 4.78 is 0. The van der Waals surface area contributed by atoms with Crippen LogP contribution in [0.15, 0.2) is 0 Å². The van der Waals surface area contributed by atoms with Gasteiger partial charge in [0.25, 0.3) is 0 Å². The van der Waals surface area contributed by atoms with E-state index in [-0.39, 0.29) is 86.2 Å². The van der Waals surface area contributed by atoms with Gasteiger partial charge in [0.15, 0.2) is 0 Å². The molecule has 0 fully saturated rings. The van der Waals surface area contributed by atoms with Crippen molar-refractivity contribution in [1.29, 1.82) is 0 Å². The Kier molecular flexibility index (Phi) is 124. The predicted molar refractivity (Wildman–Crippen MR) is 5.75 cm³/mol. The molecule has 0 heterocycles. The fourth-order valence-electron chi connectivity index (χ4n) is 0. The SMILES string of the molecule is [Ag+].[Cd+2].[Se-2].[Zn+2]. The van der Waals surface area contributed by atoms with E-state index in [2.05, 4.69) is 0 Å². The summed E-state index contributed by atoms with van der Waals surface area (Å²) in [5, 5.41) is 0. The first-order chi connectivity index (χ1) is 0. The smallest absolute Gasteiger partial charge is 2.00 e. The van der Waals surface area contributed by atoms with Crippen molar-refractivity contribution in [2.75, 3.05) is 0 Å². The van der Waals surface area contributed by atoms with Crippen LogP contribution in [0.1, 0.15) is 0 Å². The molecule has 0 saturated carbocycles. The molecule has 0 aromatic rings. The van der Waals surface area contributed by atoms with Gasteiger partial charge in [0.1, 0.15) is 0 Å². The van der Waals surface area contributed by atoms with E-state index in [9.17, 15) is 0 Å². The normalized spacial score (nSPS) is 0. The van der Waals surface area contributed by atoms with Gasteiger partial charge < -0.3 is 17.1 Å². The van der Waals surface area contributed by atoms with Crippen molar-refractivity contribution in [3.63, 3.8) is 0 Å². The monoisotopic (exact) mass is 365 g/mol. The second-order valence-electron chi connectivity index (χ2n) is 0. The largest absolute Gasteiger partial charge is 2.00 e. The maximum absolute atomic E-state index is 0. The molecule has 0 aliphatic carbocycles. The summed E-state index contributed by atoms with van der Waals surface area (Å²) in [5.74, 6) is 0. The molecule has 0 N–H and O–H groups in total. The van der Waals surface area contributed by atoms with Crippen LogP contribution in [0.25, 0.3) is 0 Å². The Morgan fingerprint density at radius 3 is 1.00 bits per heavy atom. The quantitative estimate of drug-likeness (QED) is 0.514. The molecule has 18 valence electrons. The van der Waals surface area contributed by atoms with E-state index in [1.54, 1.807) is 0 Å². The van der Waals surface area contributed by atoms with Gasteiger partial charge in [-0.05, 0) is 0 Å². The third-order valence-corrected chi connectivity index (χ3v) is 0. The molecule has 0 aliphatic heterocycles. The molecule has 0 unspecified atom stereocenters. The summed E-state index contributed by atoms with van der Waals surface area (Å²) in [7, 11) is 0. The first kappa shape index (κ1) is 29.1. The molecule has 0 aromatic heterocycles. The van der Waals surface area contributed by atoms with Crippen LogP contribution in [0.2, 0.25) is 0 Å². The Hall–Kier alpha value is 2.81. The van der Waals surface area contributed by atoms with Gasteiger partial charge in [0.05, 0.1) is 0 Å². The fourth-order valence-corrected chi connectivity index (χ4v) is 0. The van der Waals surface area contributed by atoms with Crippen LogP contribution in [-0.2, 0) is 69.2 Å². The third kappa shape index (κ3) is 8.84. The summed E-state index contributed by atoms with van der Waals surface area (Å²) in [6.07, 6.45) is 0. The van der Waals surface area contributed by atoms with Crippen LogP contribution in [0.5, 0.6) is 0 Å². The molecule has 0 aromatic carbocycles. The van der Waals surface area contributed by atoms with Crippen LogP contribution >= 0.6 is 0 Å². The van der Waals surface area contributed by atoms with Crippen molar-refractivity contribution in [1.82, 2.24) is 0 Å². The first-order valence-electron chi connectivity index (χ1n) is 0. The van der Waals surface area contributed by atoms with E-state index in [0.717, 1.165) is 0 Å². The van der Waals surface area contributed by atoms with E-state index < -0.39 is 0 Å². The second kappa shape index (κ2) is 17.0. The topological polar surface area (TPSA) is 0 Å². The molecule has 0 rings (SSSR count). The van der Waals surface area contributed by atoms with Crippen molar-refractivity contribution in [3.8, 4) is 0 Å². The summed E-state index contributed by atoms with van der Waals surface area (Å²) in [6, 6.07) is 0. The summed E-state index contributed by atoms with van der Waals surface area (Å²) in [6.45, 7) is 0. The maximum atomic E-state index is 0. The minimum atomic E-state index is 0. The van der Waals surface area contributed by atoms with E-state index in [1.807, 2.05) is 0 Å². The van der Waals surface area contributed by atoms with Crippen molar-refractivity contribution in [3.05, 3.63) is 0 Å². The van der Waals surface area contributed by atoms with E-state index in [1.165, 1.54) is 0 Å². The van der Waals surface area contributed by atoms with Crippen LogP contribution in [0.3, 0.4) is 0 Å². The van der Waals surface area contributed by atoms with Crippen LogP contribution in [0.4, 0.5) is 0 Å². The van der Waals surface area contributed by atoms with Crippen LogP contribution in [0, 0.1) is 0 Å². The molecule has 0 spiro atoms.